The van der Waals surface area contributed by atoms with Crippen LogP contribution in [0.15, 0.2) is 40.1 Å². The molecule has 28 heavy (non-hydrogen) atoms. The Bertz CT molecular complexity index is 1100. The van der Waals surface area contributed by atoms with Crippen LogP contribution in [-0.4, -0.2) is 34.2 Å². The van der Waals surface area contributed by atoms with E-state index in [9.17, 15) is 16.8 Å². The monoisotopic (exact) mass is 464 g/mol. The lowest BCUT2D eigenvalue weighted by Gasteiger charge is -2.21. The van der Waals surface area contributed by atoms with Gasteiger partial charge in [-0.25, -0.2) is 16.8 Å². The molecule has 0 saturated carbocycles. The first kappa shape index (κ1) is 23.0. The summed E-state index contributed by atoms with van der Waals surface area (Å²) in [7, 11) is -7.82. The van der Waals surface area contributed by atoms with Gasteiger partial charge in [0, 0.05) is 13.1 Å². The topological polar surface area (TPSA) is 83.6 Å². The zero-order chi connectivity index (χ0) is 21.3. The maximum atomic E-state index is 12.9. The van der Waals surface area contributed by atoms with Crippen molar-refractivity contribution in [1.29, 1.82) is 0 Å². The number of nitrogens with one attached hydrogen (secondary N) is 1. The minimum atomic E-state index is -4.07. The molecule has 0 heterocycles. The minimum Gasteiger partial charge on any atom is -0.279 e. The zero-order valence-corrected chi connectivity index (χ0v) is 19.1. The van der Waals surface area contributed by atoms with Crippen LogP contribution in [-0.2, 0) is 20.0 Å². The summed E-state index contributed by atoms with van der Waals surface area (Å²) in [5.41, 5.74) is 1.42. The van der Waals surface area contributed by atoms with E-state index in [4.69, 9.17) is 23.2 Å². The molecule has 2 aromatic carbocycles. The summed E-state index contributed by atoms with van der Waals surface area (Å²) < 4.78 is 55.1. The third-order valence-corrected chi connectivity index (χ3v) is 8.80. The van der Waals surface area contributed by atoms with Crippen LogP contribution in [0.25, 0.3) is 0 Å². The third-order valence-electron chi connectivity index (χ3n) is 4.43. The van der Waals surface area contributed by atoms with Crippen LogP contribution < -0.4 is 4.72 Å². The molecule has 0 aromatic heterocycles. The third kappa shape index (κ3) is 4.46. The number of halogens is 2. The quantitative estimate of drug-likeness (QED) is 0.655. The van der Waals surface area contributed by atoms with Crippen LogP contribution in [0.5, 0.6) is 0 Å². The van der Waals surface area contributed by atoms with Crippen molar-refractivity contribution in [2.75, 3.05) is 17.8 Å². The molecule has 0 aliphatic heterocycles. The molecule has 154 valence electrons. The van der Waals surface area contributed by atoms with E-state index >= 15 is 0 Å². The first-order valence-electron chi connectivity index (χ1n) is 8.53. The lowest BCUT2D eigenvalue weighted by Crippen LogP contribution is -2.30. The summed E-state index contributed by atoms with van der Waals surface area (Å²) >= 11 is 12.0. The number of aryl methyl sites for hydroxylation is 1. The van der Waals surface area contributed by atoms with Gasteiger partial charge in [0.2, 0.25) is 10.0 Å². The predicted molar refractivity (Wildman–Crippen MR) is 113 cm³/mol. The van der Waals surface area contributed by atoms with Crippen molar-refractivity contribution in [3.8, 4) is 0 Å². The van der Waals surface area contributed by atoms with Crippen LogP contribution in [0.3, 0.4) is 0 Å². The van der Waals surface area contributed by atoms with Crippen LogP contribution in [0, 0.1) is 13.8 Å². The van der Waals surface area contributed by atoms with Crippen LogP contribution >= 0.6 is 23.2 Å². The Morgan fingerprint density at radius 1 is 1.00 bits per heavy atom. The average Bonchev–Trinajstić information content (AvgIpc) is 2.61. The summed E-state index contributed by atoms with van der Waals surface area (Å²) in [6.07, 6.45) is 0. The molecule has 0 radical (unpaired) electrons. The van der Waals surface area contributed by atoms with Crippen molar-refractivity contribution in [2.24, 2.45) is 0 Å². The van der Waals surface area contributed by atoms with E-state index in [1.807, 2.05) is 0 Å². The zero-order valence-electron chi connectivity index (χ0n) is 16.0. The molecule has 0 atom stereocenters. The number of hydrogen-bond donors (Lipinski definition) is 1. The van der Waals surface area contributed by atoms with E-state index < -0.39 is 20.0 Å². The highest BCUT2D eigenvalue weighted by Gasteiger charge is 2.25. The lowest BCUT2D eigenvalue weighted by molar-refractivity contribution is 0.445. The number of rotatable bonds is 7. The summed E-state index contributed by atoms with van der Waals surface area (Å²) in [5.74, 6) is 0. The molecular weight excluding hydrogens is 443 g/mol. The van der Waals surface area contributed by atoms with Gasteiger partial charge < -0.3 is 0 Å². The number of nitrogens with zero attached hydrogens (tertiary/aromatic N) is 1. The van der Waals surface area contributed by atoms with Gasteiger partial charge in [-0.3, -0.25) is 4.72 Å². The predicted octanol–water partition coefficient (Wildman–Crippen LogP) is 4.44. The number of anilines is 1. The molecule has 2 aromatic rings. The van der Waals surface area contributed by atoms with Crippen molar-refractivity contribution in [3.05, 3.63) is 51.5 Å². The van der Waals surface area contributed by atoms with E-state index in [0.717, 1.165) is 0 Å². The second-order valence-corrected chi connectivity index (χ2v) is 10.5. The summed E-state index contributed by atoms with van der Waals surface area (Å²) in [5, 5.41) is 0.00765. The molecule has 10 heteroatoms. The van der Waals surface area contributed by atoms with Crippen molar-refractivity contribution < 1.29 is 16.8 Å². The minimum absolute atomic E-state index is 0.0224. The second kappa shape index (κ2) is 8.59. The molecule has 1 N–H and O–H groups in total. The Morgan fingerprint density at radius 3 is 2.18 bits per heavy atom. The molecule has 0 saturated heterocycles. The first-order valence-corrected chi connectivity index (χ1v) is 12.2. The fourth-order valence-electron chi connectivity index (χ4n) is 2.69. The second-order valence-electron chi connectivity index (χ2n) is 6.16. The van der Waals surface area contributed by atoms with Crippen molar-refractivity contribution in [2.45, 2.75) is 37.5 Å². The lowest BCUT2D eigenvalue weighted by atomic mass is 10.1. The molecule has 0 unspecified atom stereocenters. The average molecular weight is 465 g/mol. The highest BCUT2D eigenvalue weighted by molar-refractivity contribution is 7.93. The molecule has 0 spiro atoms. The van der Waals surface area contributed by atoms with Crippen LogP contribution in [0.2, 0.25) is 10.0 Å². The molecule has 0 fully saturated rings. The highest BCUT2D eigenvalue weighted by atomic mass is 35.5. The first-order chi connectivity index (χ1) is 13.0. The Hall–Kier alpha value is -1.32. The Kier molecular flexibility index (Phi) is 7.04. The number of benzene rings is 2. The maximum absolute atomic E-state index is 12.9. The van der Waals surface area contributed by atoms with Gasteiger partial charge in [0.05, 0.1) is 20.6 Å². The van der Waals surface area contributed by atoms with Gasteiger partial charge in [0.15, 0.2) is 0 Å². The number of sulfonamides is 2. The van der Waals surface area contributed by atoms with E-state index in [-0.39, 0.29) is 25.5 Å². The molecule has 0 aliphatic carbocycles. The largest absolute Gasteiger partial charge is 0.279 e. The SMILES string of the molecule is CCN(CC)S(=O)(=O)c1cc(C)c(C)c(NS(=O)(=O)c2cccc(Cl)c2Cl)c1. The molecule has 0 amide bonds. The highest BCUT2D eigenvalue weighted by Crippen LogP contribution is 2.32. The van der Waals surface area contributed by atoms with Gasteiger partial charge in [-0.05, 0) is 49.2 Å². The molecular formula is C18H22Cl2N2O4S2. The van der Waals surface area contributed by atoms with E-state index in [2.05, 4.69) is 4.72 Å². The Morgan fingerprint density at radius 2 is 1.61 bits per heavy atom. The normalized spacial score (nSPS) is 12.4. The van der Waals surface area contributed by atoms with Crippen molar-refractivity contribution in [3.63, 3.8) is 0 Å². The summed E-state index contributed by atoms with van der Waals surface area (Å²) in [6.45, 7) is 7.54. The maximum Gasteiger partial charge on any atom is 0.263 e. The fourth-order valence-corrected chi connectivity index (χ4v) is 6.13. The number of hydrogen-bond acceptors (Lipinski definition) is 4. The van der Waals surface area contributed by atoms with Crippen molar-refractivity contribution in [1.82, 2.24) is 4.31 Å². The molecule has 6 nitrogen and oxygen atoms in total. The van der Waals surface area contributed by atoms with Gasteiger partial charge in [-0.15, -0.1) is 0 Å². The fraction of sp³-hybridized carbons (Fsp3) is 0.333. The van der Waals surface area contributed by atoms with Crippen LogP contribution in [0.1, 0.15) is 25.0 Å². The van der Waals surface area contributed by atoms with E-state index in [0.29, 0.717) is 24.2 Å². The Labute approximate surface area is 176 Å². The van der Waals surface area contributed by atoms with Crippen LogP contribution in [0.4, 0.5) is 5.69 Å². The van der Waals surface area contributed by atoms with Gasteiger partial charge in [0.25, 0.3) is 10.0 Å². The van der Waals surface area contributed by atoms with Gasteiger partial charge >= 0.3 is 0 Å². The molecule has 0 aliphatic rings. The van der Waals surface area contributed by atoms with E-state index in [1.54, 1.807) is 27.7 Å². The van der Waals surface area contributed by atoms with Gasteiger partial charge in [-0.1, -0.05) is 43.1 Å². The van der Waals surface area contributed by atoms with E-state index in [1.165, 1.54) is 34.6 Å². The summed E-state index contributed by atoms with van der Waals surface area (Å²) in [4.78, 5) is -0.162. The standard InChI is InChI=1S/C18H22Cl2N2O4S2/c1-5-22(6-2)28(25,26)14-10-12(3)13(4)16(11-14)21-27(23,24)17-9-7-8-15(19)18(17)20/h7-11,21H,5-6H2,1-4H3. The van der Waals surface area contributed by atoms with Gasteiger partial charge in [0.1, 0.15) is 4.90 Å². The molecule has 0 bridgehead atoms. The van der Waals surface area contributed by atoms with Gasteiger partial charge in [-0.2, -0.15) is 4.31 Å². The smallest absolute Gasteiger partial charge is 0.263 e. The summed E-state index contributed by atoms with van der Waals surface area (Å²) in [6, 6.07) is 7.14. The van der Waals surface area contributed by atoms with Crippen molar-refractivity contribution >= 4 is 48.9 Å². The Balaban J connectivity index is 2.58. The molecule has 2 rings (SSSR count).